The highest BCUT2D eigenvalue weighted by molar-refractivity contribution is 7.99. The minimum atomic E-state index is -0.250. The van der Waals surface area contributed by atoms with Crippen molar-refractivity contribution in [3.05, 3.63) is 77.4 Å². The zero-order valence-corrected chi connectivity index (χ0v) is 19.9. The Morgan fingerprint density at radius 3 is 2.48 bits per heavy atom. The Balaban J connectivity index is 1.31. The van der Waals surface area contributed by atoms with Crippen LogP contribution in [0.5, 0.6) is 0 Å². The van der Waals surface area contributed by atoms with Gasteiger partial charge in [0.15, 0.2) is 10.3 Å². The molecule has 7 nitrogen and oxygen atoms in total. The lowest BCUT2D eigenvalue weighted by Crippen LogP contribution is -2.15. The first-order valence-electron chi connectivity index (χ1n) is 10.4. The number of anilines is 2. The number of benzene rings is 2. The van der Waals surface area contributed by atoms with Gasteiger partial charge in [0.25, 0.3) is 5.91 Å². The minimum Gasteiger partial charge on any atom is -0.329 e. The van der Waals surface area contributed by atoms with E-state index in [0.29, 0.717) is 16.4 Å². The van der Waals surface area contributed by atoms with Gasteiger partial charge in [-0.05, 0) is 36.2 Å². The Hall–Kier alpha value is -3.43. The van der Waals surface area contributed by atoms with Gasteiger partial charge in [0.05, 0.1) is 11.4 Å². The summed E-state index contributed by atoms with van der Waals surface area (Å²) in [5, 5.41) is 8.92. The fourth-order valence-corrected chi connectivity index (χ4v) is 4.51. The molecule has 0 radical (unpaired) electrons. The highest BCUT2D eigenvalue weighted by Gasteiger charge is 2.11. The highest BCUT2D eigenvalue weighted by Crippen LogP contribution is 2.26. The normalized spacial score (nSPS) is 10.7. The first-order valence-corrected chi connectivity index (χ1v) is 12.2. The molecular weight excluding hydrogens is 454 g/mol. The van der Waals surface area contributed by atoms with E-state index in [1.807, 2.05) is 35.3 Å². The van der Waals surface area contributed by atoms with Crippen LogP contribution >= 0.6 is 23.1 Å². The fourth-order valence-electron chi connectivity index (χ4n) is 3.07. The molecule has 9 heteroatoms. The third-order valence-corrected chi connectivity index (χ3v) is 6.74. The van der Waals surface area contributed by atoms with Crippen LogP contribution in [0.25, 0.3) is 11.3 Å². The van der Waals surface area contributed by atoms with Crippen molar-refractivity contribution in [2.45, 2.75) is 18.5 Å². The maximum Gasteiger partial charge on any atom is 0.257 e. The largest absolute Gasteiger partial charge is 0.329 e. The summed E-state index contributed by atoms with van der Waals surface area (Å²) in [5.41, 5.74) is 4.24. The van der Waals surface area contributed by atoms with Crippen LogP contribution in [0, 0.1) is 0 Å². The molecule has 4 rings (SSSR count). The number of nitrogens with one attached hydrogen (secondary N) is 2. The van der Waals surface area contributed by atoms with E-state index < -0.39 is 0 Å². The Morgan fingerprint density at radius 2 is 1.82 bits per heavy atom. The number of thiazole rings is 1. The number of hydrogen-bond donors (Lipinski definition) is 2. The number of rotatable bonds is 8. The lowest BCUT2D eigenvalue weighted by atomic mass is 10.1. The number of nitrogens with zero attached hydrogens (tertiary/aromatic N) is 3. The van der Waals surface area contributed by atoms with E-state index in [1.54, 1.807) is 30.5 Å². The number of aryl methyl sites for hydroxylation is 2. The zero-order chi connectivity index (χ0) is 23.2. The van der Waals surface area contributed by atoms with Gasteiger partial charge in [-0.15, -0.1) is 11.3 Å². The summed E-state index contributed by atoms with van der Waals surface area (Å²) in [6, 6.07) is 15.0. The SMILES string of the molecule is CCc1ccc(-c2csc(NC(=O)c3ccc(NC(=O)CSc4nccn4C)cc3)n2)cc1. The molecule has 2 aromatic heterocycles. The van der Waals surface area contributed by atoms with Gasteiger partial charge in [-0.2, -0.15) is 0 Å². The van der Waals surface area contributed by atoms with Crippen molar-refractivity contribution >= 4 is 45.7 Å². The Kier molecular flexibility index (Phi) is 7.21. The summed E-state index contributed by atoms with van der Waals surface area (Å²) >= 11 is 2.75. The molecule has 2 amide bonds. The average Bonchev–Trinajstić information content (AvgIpc) is 3.47. The molecule has 0 spiro atoms. The van der Waals surface area contributed by atoms with Crippen LogP contribution in [0.15, 0.2) is 71.5 Å². The van der Waals surface area contributed by atoms with Crippen molar-refractivity contribution < 1.29 is 9.59 Å². The molecule has 0 bridgehead atoms. The van der Waals surface area contributed by atoms with Crippen LogP contribution in [0.4, 0.5) is 10.8 Å². The van der Waals surface area contributed by atoms with Crippen LogP contribution in [0.3, 0.4) is 0 Å². The van der Waals surface area contributed by atoms with Gasteiger partial charge in [-0.1, -0.05) is 43.0 Å². The molecular formula is C24H23N5O2S2. The highest BCUT2D eigenvalue weighted by atomic mass is 32.2. The van der Waals surface area contributed by atoms with E-state index in [1.165, 1.54) is 28.7 Å². The summed E-state index contributed by atoms with van der Waals surface area (Å²) in [7, 11) is 1.88. The number of imidazole rings is 1. The van der Waals surface area contributed by atoms with Crippen LogP contribution in [-0.4, -0.2) is 32.1 Å². The molecule has 0 saturated heterocycles. The van der Waals surface area contributed by atoms with Crippen LogP contribution < -0.4 is 10.6 Å². The van der Waals surface area contributed by atoms with Gasteiger partial charge in [0.2, 0.25) is 5.91 Å². The Morgan fingerprint density at radius 1 is 1.06 bits per heavy atom. The van der Waals surface area contributed by atoms with Gasteiger partial charge in [0.1, 0.15) is 0 Å². The molecule has 0 aliphatic rings. The molecule has 4 aromatic rings. The molecule has 0 unspecified atom stereocenters. The third-order valence-electron chi connectivity index (χ3n) is 4.92. The third kappa shape index (κ3) is 5.88. The molecule has 2 heterocycles. The monoisotopic (exact) mass is 477 g/mol. The summed E-state index contributed by atoms with van der Waals surface area (Å²) in [6.07, 6.45) is 4.52. The standard InChI is InChI=1S/C24H23N5O2S2/c1-3-16-4-6-17(7-5-16)20-14-32-23(27-20)28-22(31)18-8-10-19(11-9-18)26-21(30)15-33-24-25-12-13-29(24)2/h4-14H,3,15H2,1-2H3,(H,26,30)(H,27,28,31). The Labute approximate surface area is 200 Å². The van der Waals surface area contributed by atoms with Crippen molar-refractivity contribution in [2.75, 3.05) is 16.4 Å². The van der Waals surface area contributed by atoms with Gasteiger partial charge in [-0.25, -0.2) is 9.97 Å². The first-order chi connectivity index (χ1) is 16.0. The predicted octanol–water partition coefficient (Wildman–Crippen LogP) is 5.09. The number of amides is 2. The Bertz CT molecular complexity index is 1250. The smallest absolute Gasteiger partial charge is 0.257 e. The summed E-state index contributed by atoms with van der Waals surface area (Å²) in [6.45, 7) is 2.12. The van der Waals surface area contributed by atoms with Crippen molar-refractivity contribution in [3.8, 4) is 11.3 Å². The van der Waals surface area contributed by atoms with E-state index in [2.05, 4.69) is 39.7 Å². The topological polar surface area (TPSA) is 88.9 Å². The minimum absolute atomic E-state index is 0.137. The first kappa shape index (κ1) is 22.8. The van der Waals surface area contributed by atoms with E-state index in [-0.39, 0.29) is 17.6 Å². The van der Waals surface area contributed by atoms with Crippen molar-refractivity contribution in [1.29, 1.82) is 0 Å². The van der Waals surface area contributed by atoms with Crippen molar-refractivity contribution in [3.63, 3.8) is 0 Å². The van der Waals surface area contributed by atoms with Crippen LogP contribution in [-0.2, 0) is 18.3 Å². The summed E-state index contributed by atoms with van der Waals surface area (Å²) in [5.74, 6) is -0.136. The molecule has 0 aliphatic carbocycles. The van der Waals surface area contributed by atoms with Crippen LogP contribution in [0.2, 0.25) is 0 Å². The second kappa shape index (κ2) is 10.5. The van der Waals surface area contributed by atoms with E-state index >= 15 is 0 Å². The number of thioether (sulfide) groups is 1. The average molecular weight is 478 g/mol. The quantitative estimate of drug-likeness (QED) is 0.345. The molecule has 0 fully saturated rings. The molecule has 2 N–H and O–H groups in total. The number of hydrogen-bond acceptors (Lipinski definition) is 6. The zero-order valence-electron chi connectivity index (χ0n) is 18.2. The maximum atomic E-state index is 12.6. The van der Waals surface area contributed by atoms with Gasteiger partial charge < -0.3 is 9.88 Å². The van der Waals surface area contributed by atoms with Crippen LogP contribution in [0.1, 0.15) is 22.8 Å². The van der Waals surface area contributed by atoms with E-state index in [0.717, 1.165) is 22.8 Å². The van der Waals surface area contributed by atoms with E-state index in [4.69, 9.17) is 0 Å². The van der Waals surface area contributed by atoms with Gasteiger partial charge >= 0.3 is 0 Å². The fraction of sp³-hybridized carbons (Fsp3) is 0.167. The van der Waals surface area contributed by atoms with Gasteiger partial charge in [0, 0.05) is 41.6 Å². The number of carbonyl (C=O) groups excluding carboxylic acids is 2. The molecule has 0 saturated carbocycles. The molecule has 168 valence electrons. The number of carbonyl (C=O) groups is 2. The van der Waals surface area contributed by atoms with Gasteiger partial charge in [-0.3, -0.25) is 14.9 Å². The second-order valence-corrected chi connectivity index (χ2v) is 9.08. The maximum absolute atomic E-state index is 12.6. The molecule has 33 heavy (non-hydrogen) atoms. The molecule has 0 atom stereocenters. The second-order valence-electron chi connectivity index (χ2n) is 7.28. The van der Waals surface area contributed by atoms with Crippen molar-refractivity contribution in [2.24, 2.45) is 7.05 Å². The lowest BCUT2D eigenvalue weighted by molar-refractivity contribution is -0.113. The van der Waals surface area contributed by atoms with Crippen molar-refractivity contribution in [1.82, 2.24) is 14.5 Å². The predicted molar refractivity (Wildman–Crippen MR) is 134 cm³/mol. The molecule has 2 aromatic carbocycles. The summed E-state index contributed by atoms with van der Waals surface area (Å²) in [4.78, 5) is 33.5. The summed E-state index contributed by atoms with van der Waals surface area (Å²) < 4.78 is 1.86. The lowest BCUT2D eigenvalue weighted by Gasteiger charge is -2.07. The van der Waals surface area contributed by atoms with E-state index in [9.17, 15) is 9.59 Å². The molecule has 0 aliphatic heterocycles. The number of aromatic nitrogens is 3.